The summed E-state index contributed by atoms with van der Waals surface area (Å²) >= 11 is 0. The highest BCUT2D eigenvalue weighted by Gasteiger charge is 2.35. The molecule has 0 radical (unpaired) electrons. The van der Waals surface area contributed by atoms with E-state index in [-0.39, 0.29) is 18.5 Å². The van der Waals surface area contributed by atoms with E-state index in [1.165, 1.54) is 4.90 Å². The van der Waals surface area contributed by atoms with Crippen LogP contribution in [0.5, 0.6) is 0 Å². The van der Waals surface area contributed by atoms with Gasteiger partial charge < -0.3 is 10.0 Å². The highest BCUT2D eigenvalue weighted by Crippen LogP contribution is 2.28. The maximum Gasteiger partial charge on any atom is 0.407 e. The fourth-order valence-electron chi connectivity index (χ4n) is 2.65. The molecular weight excluding hydrogens is 260 g/mol. The Bertz CT molecular complexity index is 564. The summed E-state index contributed by atoms with van der Waals surface area (Å²) < 4.78 is 1.75. The summed E-state index contributed by atoms with van der Waals surface area (Å²) in [6.45, 7) is 2.55. The molecule has 1 aromatic rings. The summed E-state index contributed by atoms with van der Waals surface area (Å²) in [6.07, 6.45) is 2.70. The summed E-state index contributed by atoms with van der Waals surface area (Å²) in [5, 5.41) is 13.4. The van der Waals surface area contributed by atoms with E-state index in [1.807, 2.05) is 6.92 Å². The van der Waals surface area contributed by atoms with Crippen molar-refractivity contribution in [1.29, 1.82) is 0 Å². The smallest absolute Gasteiger partial charge is 0.407 e. The summed E-state index contributed by atoms with van der Waals surface area (Å²) in [5.74, 6) is -0.0614. The van der Waals surface area contributed by atoms with Crippen molar-refractivity contribution in [2.45, 2.75) is 44.9 Å². The van der Waals surface area contributed by atoms with E-state index in [9.17, 15) is 14.7 Å². The molecular formula is C13H18N4O3. The molecule has 1 aliphatic carbocycles. The summed E-state index contributed by atoms with van der Waals surface area (Å²) in [6, 6.07) is 0.195. The lowest BCUT2D eigenvalue weighted by Gasteiger charge is -2.32. The van der Waals surface area contributed by atoms with Gasteiger partial charge in [-0.2, -0.15) is 5.10 Å². The molecule has 7 nitrogen and oxygen atoms in total. The zero-order chi connectivity index (χ0) is 14.4. The van der Waals surface area contributed by atoms with Crippen molar-refractivity contribution in [3.63, 3.8) is 0 Å². The number of amides is 2. The molecule has 1 aliphatic heterocycles. The van der Waals surface area contributed by atoms with Crippen LogP contribution in [0.1, 0.15) is 35.8 Å². The van der Waals surface area contributed by atoms with E-state index in [4.69, 9.17) is 0 Å². The Morgan fingerprint density at radius 1 is 1.45 bits per heavy atom. The minimum atomic E-state index is -0.959. The van der Waals surface area contributed by atoms with E-state index in [2.05, 4.69) is 5.10 Å². The van der Waals surface area contributed by atoms with Crippen molar-refractivity contribution in [1.82, 2.24) is 19.6 Å². The van der Waals surface area contributed by atoms with Gasteiger partial charge in [-0.3, -0.25) is 14.4 Å². The molecule has 108 valence electrons. The number of aromatic nitrogens is 2. The van der Waals surface area contributed by atoms with Crippen molar-refractivity contribution in [3.8, 4) is 0 Å². The Hall–Kier alpha value is -2.05. The van der Waals surface area contributed by atoms with E-state index in [1.54, 1.807) is 22.8 Å². The second-order valence-corrected chi connectivity index (χ2v) is 5.59. The average molecular weight is 278 g/mol. The van der Waals surface area contributed by atoms with Crippen LogP contribution in [0.25, 0.3) is 0 Å². The molecule has 1 aromatic heterocycles. The number of hydrogen-bond acceptors (Lipinski definition) is 3. The Kier molecular flexibility index (Phi) is 2.92. The average Bonchev–Trinajstić information content (AvgIpc) is 3.17. The van der Waals surface area contributed by atoms with Gasteiger partial charge in [0.15, 0.2) is 0 Å². The molecule has 2 amide bonds. The van der Waals surface area contributed by atoms with Gasteiger partial charge in [0.1, 0.15) is 0 Å². The number of carbonyl (C=O) groups is 2. The molecule has 1 atom stereocenters. The molecule has 1 fully saturated rings. The van der Waals surface area contributed by atoms with Crippen LogP contribution in [0.4, 0.5) is 4.79 Å². The Labute approximate surface area is 116 Å². The molecule has 2 heterocycles. The van der Waals surface area contributed by atoms with Crippen molar-refractivity contribution in [2.24, 2.45) is 0 Å². The van der Waals surface area contributed by atoms with Gasteiger partial charge in [-0.25, -0.2) is 4.79 Å². The zero-order valence-corrected chi connectivity index (χ0v) is 11.6. The third kappa shape index (κ3) is 2.03. The normalized spacial score (nSPS) is 21.5. The van der Waals surface area contributed by atoms with Gasteiger partial charge in [-0.05, 0) is 19.8 Å². The minimum absolute atomic E-state index is 0.0614. The molecule has 1 unspecified atom stereocenters. The van der Waals surface area contributed by atoms with Crippen LogP contribution in [0.3, 0.4) is 0 Å². The summed E-state index contributed by atoms with van der Waals surface area (Å²) in [7, 11) is 1.80. The molecule has 2 aliphatic rings. The van der Waals surface area contributed by atoms with Crippen LogP contribution in [0, 0.1) is 0 Å². The largest absolute Gasteiger partial charge is 0.465 e. The van der Waals surface area contributed by atoms with Crippen LogP contribution in [0.2, 0.25) is 0 Å². The van der Waals surface area contributed by atoms with E-state index >= 15 is 0 Å². The van der Waals surface area contributed by atoms with Gasteiger partial charge in [-0.15, -0.1) is 0 Å². The van der Waals surface area contributed by atoms with Crippen molar-refractivity contribution in [2.75, 3.05) is 7.05 Å². The van der Waals surface area contributed by atoms with Crippen LogP contribution >= 0.6 is 0 Å². The number of fused-ring (bicyclic) bond motifs is 1. The van der Waals surface area contributed by atoms with Crippen LogP contribution in [-0.2, 0) is 13.1 Å². The van der Waals surface area contributed by atoms with E-state index < -0.39 is 6.09 Å². The number of nitrogens with zero attached hydrogens (tertiary/aromatic N) is 4. The second kappa shape index (κ2) is 4.50. The Morgan fingerprint density at radius 2 is 2.15 bits per heavy atom. The monoisotopic (exact) mass is 278 g/mol. The van der Waals surface area contributed by atoms with Gasteiger partial charge in [0.2, 0.25) is 0 Å². The maximum absolute atomic E-state index is 12.4. The predicted octanol–water partition coefficient (Wildman–Crippen LogP) is 1.000. The molecule has 0 aromatic carbocycles. The van der Waals surface area contributed by atoms with Crippen molar-refractivity contribution >= 4 is 12.0 Å². The fourth-order valence-corrected chi connectivity index (χ4v) is 2.65. The second-order valence-electron chi connectivity index (χ2n) is 5.59. The SMILES string of the molecule is CC1Cn2ncc(C(=O)N(C)C3CC3)c2CN1C(=O)O. The lowest BCUT2D eigenvalue weighted by atomic mass is 10.1. The van der Waals surface area contributed by atoms with Crippen LogP contribution in [-0.4, -0.2) is 55.8 Å². The lowest BCUT2D eigenvalue weighted by molar-refractivity contribution is 0.0773. The predicted molar refractivity (Wildman–Crippen MR) is 70.4 cm³/mol. The standard InChI is InChI=1S/C13H18N4O3/c1-8-6-17-11(7-16(8)13(19)20)10(5-14-17)12(18)15(2)9-3-4-9/h5,8-9H,3-4,6-7H2,1-2H3,(H,19,20). The summed E-state index contributed by atoms with van der Waals surface area (Å²) in [4.78, 5) is 26.7. The number of hydrogen-bond donors (Lipinski definition) is 1. The molecule has 0 spiro atoms. The first-order chi connectivity index (χ1) is 9.49. The topological polar surface area (TPSA) is 78.7 Å². The number of carboxylic acid groups (broad SMARTS) is 1. The molecule has 3 rings (SSSR count). The minimum Gasteiger partial charge on any atom is -0.465 e. The highest BCUT2D eigenvalue weighted by atomic mass is 16.4. The van der Waals surface area contributed by atoms with Gasteiger partial charge in [-0.1, -0.05) is 0 Å². The first-order valence-corrected chi connectivity index (χ1v) is 6.80. The maximum atomic E-state index is 12.4. The van der Waals surface area contributed by atoms with Crippen molar-refractivity contribution < 1.29 is 14.7 Å². The van der Waals surface area contributed by atoms with Crippen LogP contribution in [0.15, 0.2) is 6.20 Å². The number of carbonyl (C=O) groups excluding carboxylic acids is 1. The van der Waals surface area contributed by atoms with Gasteiger partial charge in [0.25, 0.3) is 5.91 Å². The first-order valence-electron chi connectivity index (χ1n) is 6.80. The molecule has 7 heteroatoms. The van der Waals surface area contributed by atoms with Gasteiger partial charge in [0, 0.05) is 13.1 Å². The zero-order valence-electron chi connectivity index (χ0n) is 11.6. The van der Waals surface area contributed by atoms with Crippen LogP contribution < -0.4 is 0 Å². The van der Waals surface area contributed by atoms with Gasteiger partial charge in [0.05, 0.1) is 36.6 Å². The fraction of sp³-hybridized carbons (Fsp3) is 0.615. The van der Waals surface area contributed by atoms with E-state index in [0.717, 1.165) is 12.8 Å². The quantitative estimate of drug-likeness (QED) is 0.875. The highest BCUT2D eigenvalue weighted by molar-refractivity contribution is 5.95. The Morgan fingerprint density at radius 3 is 2.75 bits per heavy atom. The molecule has 0 bridgehead atoms. The van der Waals surface area contributed by atoms with Crippen molar-refractivity contribution in [3.05, 3.63) is 17.5 Å². The molecule has 0 saturated heterocycles. The molecule has 20 heavy (non-hydrogen) atoms. The third-order valence-electron chi connectivity index (χ3n) is 4.13. The molecule has 1 saturated carbocycles. The summed E-state index contributed by atoms with van der Waals surface area (Å²) in [5.41, 5.74) is 1.22. The third-order valence-corrected chi connectivity index (χ3v) is 4.13. The van der Waals surface area contributed by atoms with Gasteiger partial charge >= 0.3 is 6.09 Å². The lowest BCUT2D eigenvalue weighted by Crippen LogP contribution is -2.45. The van der Waals surface area contributed by atoms with E-state index in [0.29, 0.717) is 23.8 Å². The number of rotatable bonds is 2. The molecule has 1 N–H and O–H groups in total. The first kappa shape index (κ1) is 13.0. The Balaban J connectivity index is 1.88.